The van der Waals surface area contributed by atoms with E-state index in [-0.39, 0.29) is 23.7 Å². The first-order chi connectivity index (χ1) is 16.5. The molecule has 34 heavy (non-hydrogen) atoms. The maximum Gasteiger partial charge on any atom is 0.319 e. The van der Waals surface area contributed by atoms with Gasteiger partial charge in [-0.15, -0.1) is 0 Å². The number of hydrogen-bond acceptors (Lipinski definition) is 2. The van der Waals surface area contributed by atoms with Crippen molar-refractivity contribution in [3.05, 3.63) is 65.7 Å². The van der Waals surface area contributed by atoms with Crippen LogP contribution in [0.4, 0.5) is 19.3 Å². The Labute approximate surface area is 201 Å². The molecule has 2 heterocycles. The number of carbonyl (C=O) groups is 1. The van der Waals surface area contributed by atoms with Crippen molar-refractivity contribution in [3.8, 4) is 0 Å². The lowest BCUT2D eigenvalue weighted by molar-refractivity contribution is 0.0698. The van der Waals surface area contributed by atoms with Crippen molar-refractivity contribution in [2.75, 3.05) is 11.9 Å². The van der Waals surface area contributed by atoms with Gasteiger partial charge in [0.05, 0.1) is 0 Å². The van der Waals surface area contributed by atoms with Gasteiger partial charge in [0, 0.05) is 30.4 Å². The average molecular weight is 468 g/mol. The minimum atomic E-state index is -0.311. The number of rotatable bonds is 6. The van der Waals surface area contributed by atoms with Gasteiger partial charge < -0.3 is 10.6 Å². The van der Waals surface area contributed by atoms with Crippen molar-refractivity contribution in [1.29, 1.82) is 0 Å². The van der Waals surface area contributed by atoms with E-state index >= 15 is 0 Å². The third kappa shape index (κ3) is 5.60. The van der Waals surface area contributed by atoms with E-state index in [1.807, 2.05) is 12.1 Å². The topological polar surface area (TPSA) is 44.4 Å². The van der Waals surface area contributed by atoms with E-state index < -0.39 is 0 Å². The number of piperidine rings is 1. The minimum Gasteiger partial charge on any atom is -0.335 e. The molecule has 2 amide bonds. The summed E-state index contributed by atoms with van der Waals surface area (Å²) in [6.45, 7) is 1.06. The van der Waals surface area contributed by atoms with Gasteiger partial charge in [-0.05, 0) is 98.7 Å². The molecule has 2 aromatic carbocycles. The smallest absolute Gasteiger partial charge is 0.319 e. The largest absolute Gasteiger partial charge is 0.335 e. The van der Waals surface area contributed by atoms with Gasteiger partial charge in [-0.3, -0.25) is 4.90 Å². The lowest BCUT2D eigenvalue weighted by Gasteiger charge is -2.43. The number of urea groups is 1. The van der Waals surface area contributed by atoms with Crippen LogP contribution in [0.3, 0.4) is 0 Å². The van der Waals surface area contributed by atoms with Crippen molar-refractivity contribution in [1.82, 2.24) is 10.2 Å². The molecule has 3 unspecified atom stereocenters. The first-order valence-electron chi connectivity index (χ1n) is 12.9. The third-order valence-corrected chi connectivity index (χ3v) is 8.19. The summed E-state index contributed by atoms with van der Waals surface area (Å²) in [5.74, 6) is 0.653. The Balaban J connectivity index is 1.16. The molecule has 0 radical (unpaired) electrons. The SMILES string of the molecule is O=C(Nc1ccc(F)cc1)NC1CCCC[C@@H]1CN1C2CCC1CC(Cc1ccc(F)cc1)C2. The number of fused-ring (bicyclic) bond motifs is 2. The predicted octanol–water partition coefficient (Wildman–Crippen LogP) is 6.13. The zero-order valence-corrected chi connectivity index (χ0v) is 19.7. The van der Waals surface area contributed by atoms with Crippen molar-refractivity contribution < 1.29 is 13.6 Å². The highest BCUT2D eigenvalue weighted by Crippen LogP contribution is 2.41. The molecule has 182 valence electrons. The van der Waals surface area contributed by atoms with E-state index in [9.17, 15) is 13.6 Å². The lowest BCUT2D eigenvalue weighted by atomic mass is 9.81. The van der Waals surface area contributed by atoms with E-state index in [4.69, 9.17) is 0 Å². The molecule has 1 aliphatic carbocycles. The number of amides is 2. The Morgan fingerprint density at radius 1 is 0.853 bits per heavy atom. The number of hydrogen-bond donors (Lipinski definition) is 2. The van der Waals surface area contributed by atoms with Gasteiger partial charge in [0.1, 0.15) is 11.6 Å². The van der Waals surface area contributed by atoms with Gasteiger partial charge in [0.2, 0.25) is 0 Å². The van der Waals surface area contributed by atoms with Crippen molar-refractivity contribution in [2.24, 2.45) is 11.8 Å². The Kier molecular flexibility index (Phi) is 7.14. The van der Waals surface area contributed by atoms with Crippen molar-refractivity contribution in [2.45, 2.75) is 75.9 Å². The van der Waals surface area contributed by atoms with Crippen LogP contribution in [0.1, 0.15) is 56.9 Å². The fourth-order valence-electron chi connectivity index (χ4n) is 6.56. The normalized spacial score (nSPS) is 29.1. The van der Waals surface area contributed by atoms with Gasteiger partial charge in [-0.1, -0.05) is 25.0 Å². The van der Waals surface area contributed by atoms with Crippen LogP contribution in [0.25, 0.3) is 0 Å². The first kappa shape index (κ1) is 23.3. The average Bonchev–Trinajstić information content (AvgIpc) is 3.05. The molecule has 3 fully saturated rings. The van der Waals surface area contributed by atoms with E-state index in [0.29, 0.717) is 29.6 Å². The molecular formula is C28H35F2N3O. The fourth-order valence-corrected chi connectivity index (χ4v) is 6.56. The van der Waals surface area contributed by atoms with Crippen LogP contribution < -0.4 is 10.6 Å². The molecule has 5 rings (SSSR count). The van der Waals surface area contributed by atoms with Gasteiger partial charge in [0.25, 0.3) is 0 Å². The summed E-state index contributed by atoms with van der Waals surface area (Å²) < 4.78 is 26.4. The Hall–Kier alpha value is -2.47. The maximum atomic E-state index is 13.3. The van der Waals surface area contributed by atoms with Crippen molar-refractivity contribution in [3.63, 3.8) is 0 Å². The summed E-state index contributed by atoms with van der Waals surface area (Å²) in [6, 6.07) is 14.1. The molecule has 3 aliphatic rings. The zero-order chi connectivity index (χ0) is 23.5. The van der Waals surface area contributed by atoms with Crippen LogP contribution in [0.5, 0.6) is 0 Å². The van der Waals surface area contributed by atoms with Gasteiger partial charge >= 0.3 is 6.03 Å². The predicted molar refractivity (Wildman–Crippen MR) is 131 cm³/mol. The summed E-state index contributed by atoms with van der Waals surface area (Å²) in [7, 11) is 0. The molecule has 2 aromatic rings. The molecule has 0 aromatic heterocycles. The molecule has 0 spiro atoms. The summed E-state index contributed by atoms with van der Waals surface area (Å²) in [4.78, 5) is 15.4. The molecular weight excluding hydrogens is 432 g/mol. The molecule has 2 N–H and O–H groups in total. The zero-order valence-electron chi connectivity index (χ0n) is 19.7. The number of nitrogens with one attached hydrogen (secondary N) is 2. The Morgan fingerprint density at radius 3 is 2.15 bits per heavy atom. The van der Waals surface area contributed by atoms with Gasteiger partial charge in [-0.2, -0.15) is 0 Å². The highest BCUT2D eigenvalue weighted by Gasteiger charge is 2.42. The minimum absolute atomic E-state index is 0.166. The summed E-state index contributed by atoms with van der Waals surface area (Å²) in [5, 5.41) is 6.07. The third-order valence-electron chi connectivity index (χ3n) is 8.19. The fraction of sp³-hybridized carbons (Fsp3) is 0.536. The summed E-state index contributed by atoms with van der Waals surface area (Å²) >= 11 is 0. The van der Waals surface area contributed by atoms with E-state index in [1.165, 1.54) is 49.8 Å². The Bertz CT molecular complexity index is 951. The van der Waals surface area contributed by atoms with E-state index in [1.54, 1.807) is 24.3 Å². The highest BCUT2D eigenvalue weighted by molar-refractivity contribution is 5.89. The van der Waals surface area contributed by atoms with Crippen LogP contribution in [0.15, 0.2) is 48.5 Å². The van der Waals surface area contributed by atoms with Crippen LogP contribution in [0, 0.1) is 23.5 Å². The summed E-state index contributed by atoms with van der Waals surface area (Å²) in [6.07, 6.45) is 10.5. The quantitative estimate of drug-likeness (QED) is 0.537. The van der Waals surface area contributed by atoms with Crippen molar-refractivity contribution >= 4 is 11.7 Å². The Morgan fingerprint density at radius 2 is 1.47 bits per heavy atom. The molecule has 1 saturated carbocycles. The molecule has 2 aliphatic heterocycles. The molecule has 4 atom stereocenters. The molecule has 6 heteroatoms. The molecule has 2 saturated heterocycles. The van der Waals surface area contributed by atoms with Crippen LogP contribution in [-0.2, 0) is 6.42 Å². The second-order valence-corrected chi connectivity index (χ2v) is 10.5. The highest BCUT2D eigenvalue weighted by atomic mass is 19.1. The van der Waals surface area contributed by atoms with Crippen LogP contribution >= 0.6 is 0 Å². The van der Waals surface area contributed by atoms with Crippen LogP contribution in [-0.4, -0.2) is 35.6 Å². The van der Waals surface area contributed by atoms with E-state index in [2.05, 4.69) is 15.5 Å². The van der Waals surface area contributed by atoms with E-state index in [0.717, 1.165) is 32.2 Å². The molecule has 4 nitrogen and oxygen atoms in total. The number of anilines is 1. The second kappa shape index (κ2) is 10.4. The standard InChI is InChI=1S/C28H35F2N3O/c29-22-7-5-19(6-8-22)15-20-16-25-13-14-26(17-20)33(25)18-21-3-1-2-4-27(21)32-28(34)31-24-11-9-23(30)10-12-24/h5-12,20-21,25-27H,1-4,13-18H2,(H2,31,32,34)/t20?,21-,25?,26?,27?/m1/s1. The number of benzene rings is 2. The van der Waals surface area contributed by atoms with Gasteiger partial charge in [0.15, 0.2) is 0 Å². The maximum absolute atomic E-state index is 13.3. The lowest BCUT2D eigenvalue weighted by Crippen LogP contribution is -2.51. The summed E-state index contributed by atoms with van der Waals surface area (Å²) in [5.41, 5.74) is 1.84. The number of nitrogens with zero attached hydrogens (tertiary/aromatic N) is 1. The monoisotopic (exact) mass is 467 g/mol. The van der Waals surface area contributed by atoms with Gasteiger partial charge in [-0.25, -0.2) is 13.6 Å². The number of halogens is 2. The number of carbonyl (C=O) groups excluding carboxylic acids is 1. The molecule has 2 bridgehead atoms. The van der Waals surface area contributed by atoms with Crippen LogP contribution in [0.2, 0.25) is 0 Å². The second-order valence-electron chi connectivity index (χ2n) is 10.5. The first-order valence-corrected chi connectivity index (χ1v) is 12.9.